The first kappa shape index (κ1) is 19.7. The molecule has 8 nitrogen and oxygen atoms in total. The van der Waals surface area contributed by atoms with Crippen LogP contribution in [0.4, 0.5) is 11.4 Å². The second kappa shape index (κ2) is 7.30. The first-order chi connectivity index (χ1) is 16.0. The van der Waals surface area contributed by atoms with Gasteiger partial charge in [0.25, 0.3) is 11.8 Å². The Kier molecular flexibility index (Phi) is 4.36. The number of hydrogen-bond donors (Lipinski definition) is 1. The average molecular weight is 441 g/mol. The molecule has 0 atom stereocenters. The summed E-state index contributed by atoms with van der Waals surface area (Å²) in [6.07, 6.45) is 5.90. The maximum Gasteiger partial charge on any atom is 0.261 e. The summed E-state index contributed by atoms with van der Waals surface area (Å²) in [7, 11) is 1.86. The molecule has 2 amide bonds. The molecule has 1 aliphatic carbocycles. The van der Waals surface area contributed by atoms with Crippen LogP contribution in [0, 0.1) is 6.92 Å². The van der Waals surface area contributed by atoms with E-state index in [1.54, 1.807) is 15.6 Å². The van der Waals surface area contributed by atoms with Gasteiger partial charge < -0.3 is 14.6 Å². The van der Waals surface area contributed by atoms with Gasteiger partial charge in [-0.2, -0.15) is 5.10 Å². The van der Waals surface area contributed by atoms with Crippen molar-refractivity contribution in [2.45, 2.75) is 32.1 Å². The minimum absolute atomic E-state index is 0.0851. The molecule has 0 unspecified atom stereocenters. The number of nitrogens with zero attached hydrogens (tertiary/aromatic N) is 4. The van der Waals surface area contributed by atoms with Crippen LogP contribution in [-0.4, -0.2) is 33.1 Å². The first-order valence-corrected chi connectivity index (χ1v) is 11.1. The third kappa shape index (κ3) is 3.29. The lowest BCUT2D eigenvalue weighted by molar-refractivity contribution is 0.0987. The van der Waals surface area contributed by atoms with Crippen molar-refractivity contribution in [2.75, 3.05) is 16.8 Å². The van der Waals surface area contributed by atoms with Gasteiger partial charge in [0.2, 0.25) is 0 Å². The van der Waals surface area contributed by atoms with Crippen LogP contribution in [0.15, 0.2) is 47.3 Å². The second-order valence-electron chi connectivity index (χ2n) is 8.79. The standard InChI is InChI=1S/C25H23N5O3/c1-14-22-19(12-20(15-3-4-15)27-23(22)29(2)28-14)24(31)26-18-5-6-21-16(11-18)7-9-30(21)25(32)17-8-10-33-13-17/h5-6,8,10-13,15H,3-4,7,9H2,1-2H3,(H,26,31). The van der Waals surface area contributed by atoms with E-state index in [1.807, 2.05) is 38.2 Å². The quantitative estimate of drug-likeness (QED) is 0.512. The van der Waals surface area contributed by atoms with Gasteiger partial charge in [-0.3, -0.25) is 14.3 Å². The summed E-state index contributed by atoms with van der Waals surface area (Å²) in [6, 6.07) is 9.27. The highest BCUT2D eigenvalue weighted by Gasteiger charge is 2.29. The van der Waals surface area contributed by atoms with Gasteiger partial charge in [0.15, 0.2) is 5.65 Å². The van der Waals surface area contributed by atoms with Gasteiger partial charge in [-0.1, -0.05) is 0 Å². The largest absolute Gasteiger partial charge is 0.472 e. The average Bonchev–Trinajstić information content (AvgIpc) is 3.22. The Hall–Kier alpha value is -3.94. The molecule has 1 saturated carbocycles. The van der Waals surface area contributed by atoms with Crippen LogP contribution in [0.3, 0.4) is 0 Å². The van der Waals surface area contributed by atoms with Gasteiger partial charge in [0.05, 0.1) is 28.5 Å². The van der Waals surface area contributed by atoms with Crippen LogP contribution < -0.4 is 10.2 Å². The number of benzene rings is 1. The minimum atomic E-state index is -0.176. The Morgan fingerprint density at radius 2 is 2.03 bits per heavy atom. The summed E-state index contributed by atoms with van der Waals surface area (Å²) in [5.74, 6) is 0.165. The van der Waals surface area contributed by atoms with E-state index in [2.05, 4.69) is 10.4 Å². The number of rotatable bonds is 4. The molecule has 1 aliphatic heterocycles. The molecule has 0 saturated heterocycles. The Morgan fingerprint density at radius 1 is 1.18 bits per heavy atom. The number of hydrogen-bond acceptors (Lipinski definition) is 5. The first-order valence-electron chi connectivity index (χ1n) is 11.1. The zero-order valence-electron chi connectivity index (χ0n) is 18.5. The highest BCUT2D eigenvalue weighted by atomic mass is 16.3. The Labute approximate surface area is 190 Å². The van der Waals surface area contributed by atoms with Gasteiger partial charge >= 0.3 is 0 Å². The molecule has 1 fully saturated rings. The van der Waals surface area contributed by atoms with E-state index in [4.69, 9.17) is 9.40 Å². The smallest absolute Gasteiger partial charge is 0.261 e. The number of anilines is 2. The maximum atomic E-state index is 13.4. The van der Waals surface area contributed by atoms with E-state index in [-0.39, 0.29) is 11.8 Å². The third-order valence-corrected chi connectivity index (χ3v) is 6.47. The highest BCUT2D eigenvalue weighted by Crippen LogP contribution is 2.40. The molecule has 6 rings (SSSR count). The second-order valence-corrected chi connectivity index (χ2v) is 8.79. The number of aryl methyl sites for hydroxylation is 2. The molecule has 166 valence electrons. The fourth-order valence-electron chi connectivity index (χ4n) is 4.66. The van der Waals surface area contributed by atoms with E-state index in [0.717, 1.165) is 52.9 Å². The van der Waals surface area contributed by atoms with Gasteiger partial charge in [-0.15, -0.1) is 0 Å². The van der Waals surface area contributed by atoms with Crippen molar-refractivity contribution in [1.29, 1.82) is 0 Å². The molecule has 8 heteroatoms. The normalized spacial score (nSPS) is 15.2. The number of fused-ring (bicyclic) bond motifs is 2. The number of aromatic nitrogens is 3. The summed E-state index contributed by atoms with van der Waals surface area (Å²) in [5.41, 5.74) is 6.21. The van der Waals surface area contributed by atoms with E-state index in [0.29, 0.717) is 29.3 Å². The third-order valence-electron chi connectivity index (χ3n) is 6.47. The summed E-state index contributed by atoms with van der Waals surface area (Å²) in [5, 5.41) is 8.33. The van der Waals surface area contributed by atoms with Crippen LogP contribution in [0.25, 0.3) is 11.0 Å². The molecule has 33 heavy (non-hydrogen) atoms. The number of pyridine rings is 1. The molecule has 1 aromatic carbocycles. The maximum absolute atomic E-state index is 13.4. The molecule has 3 aromatic heterocycles. The van der Waals surface area contributed by atoms with Crippen molar-refractivity contribution >= 4 is 34.2 Å². The number of amides is 2. The van der Waals surface area contributed by atoms with Crippen LogP contribution in [0.5, 0.6) is 0 Å². The topological polar surface area (TPSA) is 93.3 Å². The Balaban J connectivity index is 1.30. The molecule has 2 aliphatic rings. The van der Waals surface area contributed by atoms with Crippen molar-refractivity contribution in [3.63, 3.8) is 0 Å². The monoisotopic (exact) mass is 441 g/mol. The molecular weight excluding hydrogens is 418 g/mol. The lowest BCUT2D eigenvalue weighted by Crippen LogP contribution is -2.28. The summed E-state index contributed by atoms with van der Waals surface area (Å²) >= 11 is 0. The van der Waals surface area contributed by atoms with Crippen molar-refractivity contribution in [3.8, 4) is 0 Å². The summed E-state index contributed by atoms with van der Waals surface area (Å²) in [4.78, 5) is 32.6. The molecule has 0 spiro atoms. The Morgan fingerprint density at radius 3 is 2.79 bits per heavy atom. The molecule has 4 aromatic rings. The summed E-state index contributed by atoms with van der Waals surface area (Å²) < 4.78 is 6.79. The van der Waals surface area contributed by atoms with Crippen LogP contribution in [0.1, 0.15) is 56.4 Å². The number of furan rings is 1. The SMILES string of the molecule is Cc1nn(C)c2nc(C3CC3)cc(C(=O)Nc3ccc4c(c3)CCN4C(=O)c3ccoc3)c12. The van der Waals surface area contributed by atoms with Crippen LogP contribution in [0.2, 0.25) is 0 Å². The van der Waals surface area contributed by atoms with Crippen molar-refractivity contribution < 1.29 is 14.0 Å². The van der Waals surface area contributed by atoms with Crippen LogP contribution in [-0.2, 0) is 13.5 Å². The highest BCUT2D eigenvalue weighted by molar-refractivity contribution is 6.13. The number of carbonyl (C=O) groups excluding carboxylic acids is 2. The van der Waals surface area contributed by atoms with Crippen LogP contribution >= 0.6 is 0 Å². The minimum Gasteiger partial charge on any atom is -0.472 e. The van der Waals surface area contributed by atoms with E-state index >= 15 is 0 Å². The lowest BCUT2D eigenvalue weighted by atomic mass is 10.1. The predicted octanol–water partition coefficient (Wildman–Crippen LogP) is 4.20. The van der Waals surface area contributed by atoms with E-state index in [1.165, 1.54) is 12.5 Å². The molecular formula is C25H23N5O3. The Bertz CT molecular complexity index is 1420. The van der Waals surface area contributed by atoms with E-state index in [9.17, 15) is 9.59 Å². The lowest BCUT2D eigenvalue weighted by Gasteiger charge is -2.17. The predicted molar refractivity (Wildman–Crippen MR) is 124 cm³/mol. The molecule has 1 N–H and O–H groups in total. The van der Waals surface area contributed by atoms with Gasteiger partial charge in [-0.05, 0) is 62.1 Å². The molecule has 0 bridgehead atoms. The molecule has 0 radical (unpaired) electrons. The number of nitrogens with one attached hydrogen (secondary N) is 1. The van der Waals surface area contributed by atoms with Crippen molar-refractivity contribution in [1.82, 2.24) is 14.8 Å². The van der Waals surface area contributed by atoms with Crippen molar-refractivity contribution in [2.24, 2.45) is 7.05 Å². The fraction of sp³-hybridized carbons (Fsp3) is 0.280. The molecule has 4 heterocycles. The van der Waals surface area contributed by atoms with Gasteiger partial charge in [0, 0.05) is 36.6 Å². The zero-order chi connectivity index (χ0) is 22.7. The number of carbonyl (C=O) groups is 2. The van der Waals surface area contributed by atoms with Gasteiger partial charge in [-0.25, -0.2) is 4.98 Å². The van der Waals surface area contributed by atoms with Crippen molar-refractivity contribution in [3.05, 3.63) is 70.9 Å². The van der Waals surface area contributed by atoms with Gasteiger partial charge in [0.1, 0.15) is 6.26 Å². The zero-order valence-corrected chi connectivity index (χ0v) is 18.5. The fourth-order valence-corrected chi connectivity index (χ4v) is 4.66. The summed E-state index contributed by atoms with van der Waals surface area (Å²) in [6.45, 7) is 2.50. The van der Waals surface area contributed by atoms with E-state index < -0.39 is 0 Å².